The summed E-state index contributed by atoms with van der Waals surface area (Å²) in [6, 6.07) is 6.08. The predicted octanol–water partition coefficient (Wildman–Crippen LogP) is 1.83. The van der Waals surface area contributed by atoms with Gasteiger partial charge in [0.25, 0.3) is 5.56 Å². The summed E-state index contributed by atoms with van der Waals surface area (Å²) in [6.45, 7) is 1.80. The summed E-state index contributed by atoms with van der Waals surface area (Å²) in [5.74, 6) is -1.18. The van der Waals surface area contributed by atoms with E-state index < -0.39 is 11.5 Å². The molecule has 0 radical (unpaired) electrons. The smallest absolute Gasteiger partial charge is 0.353 e. The molecule has 0 aliphatic carbocycles. The normalized spacial score (nSPS) is 10.5. The molecule has 6 heteroatoms. The molecule has 0 bridgehead atoms. The monoisotopic (exact) mass is 252 g/mol. The third-order valence-electron chi connectivity index (χ3n) is 2.36. The highest BCUT2D eigenvalue weighted by Crippen LogP contribution is 2.17. The van der Waals surface area contributed by atoms with Crippen LogP contribution in [0.5, 0.6) is 0 Å². The summed E-state index contributed by atoms with van der Waals surface area (Å²) in [4.78, 5) is 22.4. The maximum absolute atomic E-state index is 11.6. The number of nitrogens with one attached hydrogen (secondary N) is 1. The summed E-state index contributed by atoms with van der Waals surface area (Å²) < 4.78 is 1.16. The van der Waals surface area contributed by atoms with Crippen LogP contribution in [0.4, 0.5) is 0 Å². The van der Waals surface area contributed by atoms with Gasteiger partial charge in [-0.15, -0.1) is 0 Å². The highest BCUT2D eigenvalue weighted by Gasteiger charge is 2.12. The molecule has 0 saturated carbocycles. The quantitative estimate of drug-likeness (QED) is 0.856. The van der Waals surface area contributed by atoms with E-state index >= 15 is 0 Å². The zero-order valence-corrected chi connectivity index (χ0v) is 9.65. The second-order valence-corrected chi connectivity index (χ2v) is 4.02. The molecule has 0 unspecified atom stereocenters. The SMILES string of the molecule is Cc1ccc(Cl)cc1-n1[nH]c(C(=O)O)cc1=O. The fraction of sp³-hybridized carbons (Fsp3) is 0.0909. The molecule has 0 fully saturated rings. The number of nitrogens with zero attached hydrogens (tertiary/aromatic N) is 1. The van der Waals surface area contributed by atoms with Crippen molar-refractivity contribution in [2.24, 2.45) is 0 Å². The van der Waals surface area contributed by atoms with Crippen molar-refractivity contribution in [1.29, 1.82) is 0 Å². The molecule has 88 valence electrons. The van der Waals surface area contributed by atoms with Crippen molar-refractivity contribution in [2.75, 3.05) is 0 Å². The Morgan fingerprint density at radius 3 is 2.71 bits per heavy atom. The van der Waals surface area contributed by atoms with Crippen LogP contribution in [0.1, 0.15) is 16.1 Å². The van der Waals surface area contributed by atoms with E-state index in [1.54, 1.807) is 25.1 Å². The second kappa shape index (κ2) is 4.10. The highest BCUT2D eigenvalue weighted by atomic mass is 35.5. The number of aryl methyl sites for hydroxylation is 1. The summed E-state index contributed by atoms with van der Waals surface area (Å²) in [6.07, 6.45) is 0. The van der Waals surface area contributed by atoms with Gasteiger partial charge >= 0.3 is 5.97 Å². The highest BCUT2D eigenvalue weighted by molar-refractivity contribution is 6.30. The molecule has 1 heterocycles. The van der Waals surface area contributed by atoms with Crippen molar-refractivity contribution >= 4 is 17.6 Å². The van der Waals surface area contributed by atoms with Gasteiger partial charge in [0.05, 0.1) is 5.69 Å². The Balaban J connectivity index is 2.64. The van der Waals surface area contributed by atoms with Gasteiger partial charge in [-0.25, -0.2) is 9.48 Å². The largest absolute Gasteiger partial charge is 0.477 e. The number of aromatic carboxylic acids is 1. The second-order valence-electron chi connectivity index (χ2n) is 3.58. The van der Waals surface area contributed by atoms with E-state index in [4.69, 9.17) is 16.7 Å². The summed E-state index contributed by atoms with van der Waals surface area (Å²) >= 11 is 5.84. The lowest BCUT2D eigenvalue weighted by molar-refractivity contribution is 0.0690. The van der Waals surface area contributed by atoms with Crippen LogP contribution in [0.25, 0.3) is 5.69 Å². The number of carboxylic acids is 1. The molecule has 0 amide bonds. The average Bonchev–Trinajstić information content (AvgIpc) is 2.64. The van der Waals surface area contributed by atoms with Crippen molar-refractivity contribution < 1.29 is 9.90 Å². The molecule has 0 saturated heterocycles. The summed E-state index contributed by atoms with van der Waals surface area (Å²) in [5, 5.41) is 11.8. The van der Waals surface area contributed by atoms with E-state index in [9.17, 15) is 9.59 Å². The molecule has 1 aromatic carbocycles. The Morgan fingerprint density at radius 1 is 1.41 bits per heavy atom. The van der Waals surface area contributed by atoms with Gasteiger partial charge in [-0.05, 0) is 24.6 Å². The zero-order valence-electron chi connectivity index (χ0n) is 8.90. The number of halogens is 1. The Kier molecular flexibility index (Phi) is 2.77. The summed E-state index contributed by atoms with van der Waals surface area (Å²) in [5.41, 5.74) is 0.757. The number of aromatic amines is 1. The van der Waals surface area contributed by atoms with Crippen LogP contribution >= 0.6 is 11.6 Å². The molecule has 1 aromatic heterocycles. The van der Waals surface area contributed by atoms with Gasteiger partial charge in [0.1, 0.15) is 5.69 Å². The average molecular weight is 253 g/mol. The van der Waals surface area contributed by atoms with Crippen LogP contribution in [-0.2, 0) is 0 Å². The molecule has 0 aliphatic heterocycles. The van der Waals surface area contributed by atoms with Crippen molar-refractivity contribution in [1.82, 2.24) is 9.78 Å². The molecule has 17 heavy (non-hydrogen) atoms. The van der Waals surface area contributed by atoms with E-state index in [0.717, 1.165) is 16.3 Å². The number of benzene rings is 1. The first-order valence-electron chi connectivity index (χ1n) is 4.81. The summed E-state index contributed by atoms with van der Waals surface area (Å²) in [7, 11) is 0. The first-order chi connectivity index (χ1) is 7.99. The lowest BCUT2D eigenvalue weighted by atomic mass is 10.2. The third kappa shape index (κ3) is 2.09. The van der Waals surface area contributed by atoms with Gasteiger partial charge < -0.3 is 5.11 Å². The van der Waals surface area contributed by atoms with Crippen molar-refractivity contribution in [3.63, 3.8) is 0 Å². The number of carbonyl (C=O) groups is 1. The minimum Gasteiger partial charge on any atom is -0.477 e. The lowest BCUT2D eigenvalue weighted by Crippen LogP contribution is -2.14. The van der Waals surface area contributed by atoms with Crippen LogP contribution in [0.3, 0.4) is 0 Å². The van der Waals surface area contributed by atoms with Crippen LogP contribution in [0, 0.1) is 6.92 Å². The van der Waals surface area contributed by atoms with Crippen molar-refractivity contribution in [2.45, 2.75) is 6.92 Å². The van der Waals surface area contributed by atoms with Gasteiger partial charge in [0.2, 0.25) is 0 Å². The number of carboxylic acid groups (broad SMARTS) is 1. The van der Waals surface area contributed by atoms with Crippen molar-refractivity contribution in [3.8, 4) is 5.69 Å². The van der Waals surface area contributed by atoms with Gasteiger partial charge in [-0.1, -0.05) is 17.7 Å². The van der Waals surface area contributed by atoms with Crippen LogP contribution < -0.4 is 5.56 Å². The Morgan fingerprint density at radius 2 is 2.12 bits per heavy atom. The topological polar surface area (TPSA) is 75.1 Å². The van der Waals surface area contributed by atoms with Crippen LogP contribution in [0.15, 0.2) is 29.1 Å². The fourth-order valence-corrected chi connectivity index (χ4v) is 1.67. The van der Waals surface area contributed by atoms with Crippen molar-refractivity contribution in [3.05, 3.63) is 50.9 Å². The lowest BCUT2D eigenvalue weighted by Gasteiger charge is -2.06. The number of rotatable bonds is 2. The minimum atomic E-state index is -1.18. The third-order valence-corrected chi connectivity index (χ3v) is 2.60. The fourth-order valence-electron chi connectivity index (χ4n) is 1.51. The number of H-pyrrole nitrogens is 1. The zero-order chi connectivity index (χ0) is 12.6. The minimum absolute atomic E-state index is 0.158. The Hall–Kier alpha value is -2.01. The maximum Gasteiger partial charge on any atom is 0.353 e. The van der Waals surface area contributed by atoms with E-state index in [2.05, 4.69) is 5.10 Å². The molecular formula is C11H9ClN2O3. The van der Waals surface area contributed by atoms with Gasteiger partial charge in [0.15, 0.2) is 0 Å². The predicted molar refractivity (Wildman–Crippen MR) is 63.1 cm³/mol. The first kappa shape index (κ1) is 11.5. The molecule has 0 aliphatic rings. The first-order valence-corrected chi connectivity index (χ1v) is 5.19. The van der Waals surface area contributed by atoms with E-state index in [1.165, 1.54) is 0 Å². The molecular weight excluding hydrogens is 244 g/mol. The molecule has 0 spiro atoms. The van der Waals surface area contributed by atoms with E-state index in [-0.39, 0.29) is 5.69 Å². The molecule has 2 N–H and O–H groups in total. The van der Waals surface area contributed by atoms with Gasteiger partial charge in [-0.3, -0.25) is 9.89 Å². The molecule has 2 aromatic rings. The van der Waals surface area contributed by atoms with E-state index in [0.29, 0.717) is 10.7 Å². The number of hydrogen-bond donors (Lipinski definition) is 2. The van der Waals surface area contributed by atoms with Gasteiger partial charge in [-0.2, -0.15) is 0 Å². The standard InChI is InChI=1S/C11H9ClN2O3/c1-6-2-3-7(12)4-9(6)14-10(15)5-8(13-14)11(16)17/h2-5,13H,1H3,(H,16,17). The van der Waals surface area contributed by atoms with Gasteiger partial charge in [0, 0.05) is 11.1 Å². The van der Waals surface area contributed by atoms with Crippen LogP contribution in [-0.4, -0.2) is 20.9 Å². The Bertz CT molecular complexity index is 642. The molecule has 0 atom stereocenters. The maximum atomic E-state index is 11.6. The molecule has 2 rings (SSSR count). The van der Waals surface area contributed by atoms with E-state index in [1.807, 2.05) is 0 Å². The number of aromatic nitrogens is 2. The number of hydrogen-bond acceptors (Lipinski definition) is 2. The van der Waals surface area contributed by atoms with Crippen LogP contribution in [0.2, 0.25) is 5.02 Å². The Labute approximate surface area is 101 Å². The molecule has 5 nitrogen and oxygen atoms in total.